The van der Waals surface area contributed by atoms with Gasteiger partial charge in [0, 0.05) is 12.1 Å². The zero-order valence-electron chi connectivity index (χ0n) is 11.3. The maximum absolute atomic E-state index is 11.8. The Morgan fingerprint density at radius 3 is 2.80 bits per heavy atom. The van der Waals surface area contributed by atoms with Crippen LogP contribution in [0.5, 0.6) is 0 Å². The van der Waals surface area contributed by atoms with Crippen molar-refractivity contribution in [1.29, 1.82) is 5.26 Å². The van der Waals surface area contributed by atoms with Crippen LogP contribution in [0.25, 0.3) is 0 Å². The van der Waals surface area contributed by atoms with Crippen molar-refractivity contribution in [3.8, 4) is 17.9 Å². The molecule has 20 heavy (non-hydrogen) atoms. The van der Waals surface area contributed by atoms with Gasteiger partial charge in [-0.25, -0.2) is 13.1 Å². The summed E-state index contributed by atoms with van der Waals surface area (Å²) >= 11 is 0. The average molecular weight is 291 g/mol. The van der Waals surface area contributed by atoms with Crippen molar-refractivity contribution in [3.63, 3.8) is 0 Å². The fourth-order valence-corrected chi connectivity index (χ4v) is 2.72. The topological polar surface area (TPSA) is 96.0 Å². The Balaban J connectivity index is 2.78. The van der Waals surface area contributed by atoms with Crippen molar-refractivity contribution in [2.75, 3.05) is 6.54 Å². The number of nitrogens with zero attached hydrogens (tertiary/aromatic N) is 1. The molecule has 3 N–H and O–H groups in total. The summed E-state index contributed by atoms with van der Waals surface area (Å²) in [5.41, 5.74) is 6.86. The van der Waals surface area contributed by atoms with Gasteiger partial charge in [-0.15, -0.1) is 0 Å². The summed E-state index contributed by atoms with van der Waals surface area (Å²) in [6, 6.07) is 8.99. The molecule has 1 aromatic rings. The molecule has 106 valence electrons. The Morgan fingerprint density at radius 1 is 1.45 bits per heavy atom. The van der Waals surface area contributed by atoms with Gasteiger partial charge in [0.1, 0.15) is 0 Å². The molecule has 0 aliphatic rings. The zero-order chi connectivity index (χ0) is 15.0. The highest BCUT2D eigenvalue weighted by Gasteiger charge is 2.22. The number of rotatable bonds is 5. The van der Waals surface area contributed by atoms with Gasteiger partial charge < -0.3 is 5.73 Å². The second kappa shape index (κ2) is 7.66. The Labute approximate surface area is 119 Å². The summed E-state index contributed by atoms with van der Waals surface area (Å²) in [7, 11) is -3.62. The van der Waals surface area contributed by atoms with Gasteiger partial charge in [-0.3, -0.25) is 0 Å². The lowest BCUT2D eigenvalue weighted by Crippen LogP contribution is -2.32. The number of sulfonamides is 1. The molecule has 5 nitrogen and oxygen atoms in total. The summed E-state index contributed by atoms with van der Waals surface area (Å²) in [6.07, 6.45) is 0.258. The molecule has 0 aliphatic heterocycles. The van der Waals surface area contributed by atoms with Crippen molar-refractivity contribution in [3.05, 3.63) is 35.4 Å². The lowest BCUT2D eigenvalue weighted by Gasteiger charge is -2.10. The maximum Gasteiger partial charge on any atom is 0.228 e. The Morgan fingerprint density at radius 2 is 2.20 bits per heavy atom. The van der Waals surface area contributed by atoms with E-state index in [1.807, 2.05) is 6.07 Å². The van der Waals surface area contributed by atoms with Crippen LogP contribution in [-0.4, -0.2) is 20.2 Å². The van der Waals surface area contributed by atoms with E-state index in [0.717, 1.165) is 11.1 Å². The molecule has 0 amide bonds. The van der Waals surface area contributed by atoms with Crippen LogP contribution >= 0.6 is 0 Å². The van der Waals surface area contributed by atoms with Crippen molar-refractivity contribution in [2.24, 2.45) is 5.73 Å². The van der Waals surface area contributed by atoms with Gasteiger partial charge in [0.25, 0.3) is 0 Å². The lowest BCUT2D eigenvalue weighted by molar-refractivity contribution is 0.572. The molecule has 0 radical (unpaired) electrons. The van der Waals surface area contributed by atoms with Gasteiger partial charge in [0.15, 0.2) is 5.25 Å². The highest BCUT2D eigenvalue weighted by molar-refractivity contribution is 7.90. The number of benzene rings is 1. The van der Waals surface area contributed by atoms with E-state index in [0.29, 0.717) is 0 Å². The van der Waals surface area contributed by atoms with E-state index in [-0.39, 0.29) is 19.5 Å². The van der Waals surface area contributed by atoms with E-state index in [1.165, 1.54) is 0 Å². The first-order valence-corrected chi connectivity index (χ1v) is 7.74. The minimum Gasteiger partial charge on any atom is -0.320 e. The molecular weight excluding hydrogens is 274 g/mol. The molecular formula is C14H17N3O2S. The number of hydrogen-bond acceptors (Lipinski definition) is 4. The van der Waals surface area contributed by atoms with E-state index in [1.54, 1.807) is 31.2 Å². The Hall–Kier alpha value is -1.86. The molecule has 1 unspecified atom stereocenters. The SMILES string of the molecule is CCC(C#N)S(=O)(=O)NCc1cccc(C#CCN)c1. The van der Waals surface area contributed by atoms with E-state index < -0.39 is 15.3 Å². The normalized spacial score (nSPS) is 12.1. The van der Waals surface area contributed by atoms with Crippen molar-refractivity contribution in [2.45, 2.75) is 25.1 Å². The lowest BCUT2D eigenvalue weighted by atomic mass is 10.1. The van der Waals surface area contributed by atoms with Crippen LogP contribution in [0, 0.1) is 23.2 Å². The van der Waals surface area contributed by atoms with Gasteiger partial charge in [0.05, 0.1) is 12.6 Å². The number of hydrogen-bond donors (Lipinski definition) is 2. The third kappa shape index (κ3) is 4.67. The van der Waals surface area contributed by atoms with Crippen LogP contribution < -0.4 is 10.5 Å². The smallest absolute Gasteiger partial charge is 0.228 e. The van der Waals surface area contributed by atoms with Gasteiger partial charge >= 0.3 is 0 Å². The quantitative estimate of drug-likeness (QED) is 0.781. The van der Waals surface area contributed by atoms with E-state index in [4.69, 9.17) is 11.0 Å². The van der Waals surface area contributed by atoms with Gasteiger partial charge in [-0.2, -0.15) is 5.26 Å². The van der Waals surface area contributed by atoms with Crippen molar-refractivity contribution in [1.82, 2.24) is 4.72 Å². The van der Waals surface area contributed by atoms with E-state index in [9.17, 15) is 8.42 Å². The van der Waals surface area contributed by atoms with Crippen LogP contribution in [0.2, 0.25) is 0 Å². The summed E-state index contributed by atoms with van der Waals surface area (Å²) in [5.74, 6) is 5.62. The molecule has 0 saturated heterocycles. The first-order valence-electron chi connectivity index (χ1n) is 6.19. The van der Waals surface area contributed by atoms with Gasteiger partial charge in [-0.1, -0.05) is 30.9 Å². The van der Waals surface area contributed by atoms with Crippen LogP contribution in [0.1, 0.15) is 24.5 Å². The summed E-state index contributed by atoms with van der Waals surface area (Å²) in [5, 5.41) is 7.78. The van der Waals surface area contributed by atoms with Crippen LogP contribution in [-0.2, 0) is 16.6 Å². The molecule has 0 bridgehead atoms. The molecule has 6 heteroatoms. The Bertz CT molecular complexity index is 651. The number of nitriles is 1. The molecule has 0 spiro atoms. The predicted octanol–water partition coefficient (Wildman–Crippen LogP) is 0.718. The molecule has 1 atom stereocenters. The third-order valence-electron chi connectivity index (χ3n) is 2.63. The van der Waals surface area contributed by atoms with E-state index in [2.05, 4.69) is 16.6 Å². The summed E-state index contributed by atoms with van der Waals surface area (Å²) in [4.78, 5) is 0. The van der Waals surface area contributed by atoms with Crippen LogP contribution in [0.3, 0.4) is 0 Å². The highest BCUT2D eigenvalue weighted by Crippen LogP contribution is 2.07. The molecule has 0 heterocycles. The first kappa shape index (κ1) is 16.2. The minimum absolute atomic E-state index is 0.138. The minimum atomic E-state index is -3.62. The molecule has 0 saturated carbocycles. The third-order valence-corrected chi connectivity index (χ3v) is 4.36. The first-order chi connectivity index (χ1) is 9.53. The number of nitrogens with two attached hydrogens (primary N) is 1. The van der Waals surface area contributed by atoms with Crippen LogP contribution in [0.15, 0.2) is 24.3 Å². The molecule has 0 aromatic heterocycles. The largest absolute Gasteiger partial charge is 0.320 e. The second-order valence-corrected chi connectivity index (χ2v) is 6.05. The molecule has 0 fully saturated rings. The van der Waals surface area contributed by atoms with Crippen molar-refractivity contribution < 1.29 is 8.42 Å². The fourth-order valence-electron chi connectivity index (χ4n) is 1.58. The second-order valence-electron chi connectivity index (χ2n) is 4.10. The molecule has 1 rings (SSSR count). The van der Waals surface area contributed by atoms with Crippen LogP contribution in [0.4, 0.5) is 0 Å². The molecule has 0 aliphatic carbocycles. The Kier molecular flexibility index (Phi) is 6.20. The highest BCUT2D eigenvalue weighted by atomic mass is 32.2. The number of nitrogens with one attached hydrogen (secondary N) is 1. The monoisotopic (exact) mass is 291 g/mol. The van der Waals surface area contributed by atoms with Gasteiger partial charge in [-0.05, 0) is 24.1 Å². The average Bonchev–Trinajstić information content (AvgIpc) is 2.44. The van der Waals surface area contributed by atoms with Crippen molar-refractivity contribution >= 4 is 10.0 Å². The summed E-state index contributed by atoms with van der Waals surface area (Å²) in [6.45, 7) is 2.08. The molecule has 1 aromatic carbocycles. The summed E-state index contributed by atoms with van der Waals surface area (Å²) < 4.78 is 26.1. The standard InChI is InChI=1S/C14H17N3O2S/c1-2-14(10-16)20(18,19)17-11-13-6-3-5-12(9-13)7-4-8-15/h3,5-6,9,14,17H,2,8,11,15H2,1H3. The zero-order valence-corrected chi connectivity index (χ0v) is 12.1. The predicted molar refractivity (Wildman–Crippen MR) is 77.8 cm³/mol. The maximum atomic E-state index is 11.8. The van der Waals surface area contributed by atoms with Gasteiger partial charge in [0.2, 0.25) is 10.0 Å². The fraction of sp³-hybridized carbons (Fsp3) is 0.357. The van der Waals surface area contributed by atoms with E-state index >= 15 is 0 Å².